The highest BCUT2D eigenvalue weighted by molar-refractivity contribution is 7.89. The molecule has 0 saturated carbocycles. The van der Waals surface area contributed by atoms with Crippen LogP contribution in [-0.2, 0) is 10.0 Å². The number of nitrogens with one attached hydrogen (secondary N) is 1. The van der Waals surface area contributed by atoms with Crippen LogP contribution >= 0.6 is 0 Å². The third-order valence-corrected chi connectivity index (χ3v) is 6.65. The van der Waals surface area contributed by atoms with Crippen molar-refractivity contribution in [2.45, 2.75) is 51.5 Å². The summed E-state index contributed by atoms with van der Waals surface area (Å²) in [6.07, 6.45) is 1.72. The van der Waals surface area contributed by atoms with Crippen molar-refractivity contribution < 1.29 is 22.7 Å². The molecule has 1 N–H and O–H groups in total. The van der Waals surface area contributed by atoms with Gasteiger partial charge in [0.15, 0.2) is 11.5 Å². The number of sulfonamides is 1. The maximum absolute atomic E-state index is 12.8. The Labute approximate surface area is 185 Å². The average molecular weight is 449 g/mol. The van der Waals surface area contributed by atoms with Crippen molar-refractivity contribution in [2.75, 3.05) is 25.6 Å². The molecule has 0 atom stereocenters. The zero-order chi connectivity index (χ0) is 23.0. The normalized spacial score (nSPS) is 11.6. The van der Waals surface area contributed by atoms with E-state index in [2.05, 4.69) is 5.32 Å². The molecule has 0 aliphatic carbocycles. The molecule has 8 heteroatoms. The molecule has 0 aliphatic heterocycles. The van der Waals surface area contributed by atoms with Gasteiger partial charge >= 0.3 is 0 Å². The lowest BCUT2D eigenvalue weighted by Crippen LogP contribution is -2.33. The molecule has 31 heavy (non-hydrogen) atoms. The van der Waals surface area contributed by atoms with E-state index in [4.69, 9.17) is 9.47 Å². The SMILES string of the molecule is CCCOc1ccc(NC(=O)c2cccc(S(=O)(=O)N(C)C(C)C)c2)cc1OCCC. The molecular formula is C23H32N2O5S. The highest BCUT2D eigenvalue weighted by Gasteiger charge is 2.24. The Kier molecular flexibility index (Phi) is 8.88. The van der Waals surface area contributed by atoms with Crippen molar-refractivity contribution in [3.8, 4) is 11.5 Å². The summed E-state index contributed by atoms with van der Waals surface area (Å²) in [5.74, 6) is 0.772. The summed E-state index contributed by atoms with van der Waals surface area (Å²) in [6.45, 7) is 8.72. The van der Waals surface area contributed by atoms with Crippen LogP contribution in [0, 0.1) is 0 Å². The van der Waals surface area contributed by atoms with Crippen LogP contribution in [0.1, 0.15) is 50.9 Å². The molecule has 2 rings (SSSR count). The number of amides is 1. The molecule has 0 aromatic heterocycles. The average Bonchev–Trinajstić information content (AvgIpc) is 2.76. The molecular weight excluding hydrogens is 416 g/mol. The zero-order valence-corrected chi connectivity index (χ0v) is 19.7. The van der Waals surface area contributed by atoms with Gasteiger partial charge < -0.3 is 14.8 Å². The van der Waals surface area contributed by atoms with Gasteiger partial charge in [0.2, 0.25) is 10.0 Å². The molecule has 0 fully saturated rings. The monoisotopic (exact) mass is 448 g/mol. The van der Waals surface area contributed by atoms with Gasteiger partial charge in [0.25, 0.3) is 5.91 Å². The largest absolute Gasteiger partial charge is 0.490 e. The molecule has 0 spiro atoms. The lowest BCUT2D eigenvalue weighted by Gasteiger charge is -2.21. The minimum atomic E-state index is -3.68. The molecule has 2 aromatic carbocycles. The number of benzene rings is 2. The van der Waals surface area contributed by atoms with E-state index in [0.717, 1.165) is 12.8 Å². The first-order valence-electron chi connectivity index (χ1n) is 10.5. The van der Waals surface area contributed by atoms with E-state index in [0.29, 0.717) is 30.4 Å². The molecule has 0 heterocycles. The van der Waals surface area contributed by atoms with Crippen molar-refractivity contribution in [2.24, 2.45) is 0 Å². The van der Waals surface area contributed by atoms with Gasteiger partial charge in [0, 0.05) is 30.4 Å². The van der Waals surface area contributed by atoms with E-state index in [-0.39, 0.29) is 16.5 Å². The number of rotatable bonds is 11. The fourth-order valence-electron chi connectivity index (χ4n) is 2.69. The van der Waals surface area contributed by atoms with Crippen LogP contribution in [0.15, 0.2) is 47.4 Å². The first-order valence-corrected chi connectivity index (χ1v) is 11.9. The Bertz CT molecular complexity index is 989. The third kappa shape index (κ3) is 6.45. The van der Waals surface area contributed by atoms with Crippen molar-refractivity contribution >= 4 is 21.6 Å². The lowest BCUT2D eigenvalue weighted by atomic mass is 10.2. The van der Waals surface area contributed by atoms with Gasteiger partial charge in [-0.05, 0) is 57.0 Å². The van der Waals surface area contributed by atoms with Crippen molar-refractivity contribution in [3.63, 3.8) is 0 Å². The van der Waals surface area contributed by atoms with Gasteiger partial charge in [-0.1, -0.05) is 19.9 Å². The van der Waals surface area contributed by atoms with Gasteiger partial charge in [0.05, 0.1) is 18.1 Å². The van der Waals surface area contributed by atoms with Crippen LogP contribution < -0.4 is 14.8 Å². The van der Waals surface area contributed by atoms with Crippen LogP contribution in [0.2, 0.25) is 0 Å². The molecule has 7 nitrogen and oxygen atoms in total. The second-order valence-corrected chi connectivity index (χ2v) is 9.45. The van der Waals surface area contributed by atoms with Crippen molar-refractivity contribution in [1.82, 2.24) is 4.31 Å². The summed E-state index contributed by atoms with van der Waals surface area (Å²) < 4.78 is 38.2. The Hall–Kier alpha value is -2.58. The van der Waals surface area contributed by atoms with Crippen LogP contribution in [0.4, 0.5) is 5.69 Å². The number of ether oxygens (including phenoxy) is 2. The van der Waals surface area contributed by atoms with Gasteiger partial charge in [-0.3, -0.25) is 4.79 Å². The fourth-order valence-corrected chi connectivity index (χ4v) is 4.10. The summed E-state index contributed by atoms with van der Waals surface area (Å²) in [4.78, 5) is 12.9. The minimum absolute atomic E-state index is 0.0756. The van der Waals surface area contributed by atoms with Crippen molar-refractivity contribution in [1.29, 1.82) is 0 Å². The molecule has 0 aliphatic rings. The Morgan fingerprint density at radius 2 is 1.65 bits per heavy atom. The Morgan fingerprint density at radius 1 is 1.00 bits per heavy atom. The molecule has 0 bridgehead atoms. The summed E-state index contributed by atoms with van der Waals surface area (Å²) in [5.41, 5.74) is 0.785. The minimum Gasteiger partial charge on any atom is -0.490 e. The summed E-state index contributed by atoms with van der Waals surface area (Å²) >= 11 is 0. The summed E-state index contributed by atoms with van der Waals surface area (Å²) in [7, 11) is -2.16. The van der Waals surface area contributed by atoms with Crippen LogP contribution in [0.3, 0.4) is 0 Å². The molecule has 0 unspecified atom stereocenters. The lowest BCUT2D eigenvalue weighted by molar-refractivity contribution is 0.102. The second kappa shape index (κ2) is 11.2. The molecule has 0 radical (unpaired) electrons. The predicted octanol–water partition coefficient (Wildman–Crippen LogP) is 4.55. The summed E-state index contributed by atoms with van der Waals surface area (Å²) in [5, 5.41) is 2.81. The quantitative estimate of drug-likeness (QED) is 0.545. The van der Waals surface area contributed by atoms with E-state index in [1.54, 1.807) is 44.2 Å². The number of carbonyl (C=O) groups is 1. The van der Waals surface area contributed by atoms with E-state index < -0.39 is 15.9 Å². The first kappa shape index (κ1) is 24.7. The number of carbonyl (C=O) groups excluding carboxylic acids is 1. The zero-order valence-electron chi connectivity index (χ0n) is 18.8. The highest BCUT2D eigenvalue weighted by Crippen LogP contribution is 2.31. The summed E-state index contributed by atoms with van der Waals surface area (Å²) in [6, 6.07) is 11.0. The van der Waals surface area contributed by atoms with E-state index >= 15 is 0 Å². The maximum atomic E-state index is 12.8. The first-order chi connectivity index (χ1) is 14.7. The van der Waals surface area contributed by atoms with Gasteiger partial charge in [0.1, 0.15) is 0 Å². The molecule has 170 valence electrons. The highest BCUT2D eigenvalue weighted by atomic mass is 32.2. The number of anilines is 1. The molecule has 0 saturated heterocycles. The fraction of sp³-hybridized carbons (Fsp3) is 0.435. The second-order valence-electron chi connectivity index (χ2n) is 7.46. The Balaban J connectivity index is 2.25. The van der Waals surface area contributed by atoms with Crippen molar-refractivity contribution in [3.05, 3.63) is 48.0 Å². The van der Waals surface area contributed by atoms with E-state index in [1.165, 1.54) is 23.5 Å². The number of hydrogen-bond acceptors (Lipinski definition) is 5. The third-order valence-electron chi connectivity index (χ3n) is 4.63. The number of hydrogen-bond donors (Lipinski definition) is 1. The standard InChI is InChI=1S/C23H32N2O5S/c1-6-13-29-21-12-11-19(16-22(21)30-14-7-2)24-23(26)18-9-8-10-20(15-18)31(27,28)25(5)17(3)4/h8-12,15-17H,6-7,13-14H2,1-5H3,(H,24,26). The van der Waals surface area contributed by atoms with Gasteiger partial charge in [-0.2, -0.15) is 4.31 Å². The maximum Gasteiger partial charge on any atom is 0.255 e. The molecule has 2 aromatic rings. The topological polar surface area (TPSA) is 84.9 Å². The van der Waals surface area contributed by atoms with Gasteiger partial charge in [-0.25, -0.2) is 8.42 Å². The Morgan fingerprint density at radius 3 is 2.26 bits per heavy atom. The van der Waals surface area contributed by atoms with Crippen LogP contribution in [0.25, 0.3) is 0 Å². The van der Waals surface area contributed by atoms with Gasteiger partial charge in [-0.15, -0.1) is 0 Å². The number of nitrogens with zero attached hydrogens (tertiary/aromatic N) is 1. The van der Waals surface area contributed by atoms with Crippen LogP contribution in [-0.4, -0.2) is 44.9 Å². The van der Waals surface area contributed by atoms with E-state index in [1.807, 2.05) is 13.8 Å². The van der Waals surface area contributed by atoms with Crippen LogP contribution in [0.5, 0.6) is 11.5 Å². The van der Waals surface area contributed by atoms with E-state index in [9.17, 15) is 13.2 Å². The molecule has 1 amide bonds. The predicted molar refractivity (Wildman–Crippen MR) is 122 cm³/mol. The smallest absolute Gasteiger partial charge is 0.255 e.